The fraction of sp³-hybridized carbons (Fsp3) is 0.474. The predicted octanol–water partition coefficient (Wildman–Crippen LogP) is 3.09. The molecule has 5 heteroatoms. The summed E-state index contributed by atoms with van der Waals surface area (Å²) in [6.07, 6.45) is 2.09. The normalized spacial score (nSPS) is 17.0. The summed E-state index contributed by atoms with van der Waals surface area (Å²) in [5, 5.41) is 13.7. The number of hydrogen-bond acceptors (Lipinski definition) is 4. The molecule has 3 rings (SSSR count). The fourth-order valence-electron chi connectivity index (χ4n) is 3.38. The van der Waals surface area contributed by atoms with Crippen LogP contribution in [0.3, 0.4) is 0 Å². The number of carbonyl (C=O) groups is 1. The van der Waals surface area contributed by atoms with Crippen molar-refractivity contribution in [1.29, 1.82) is 0 Å². The van der Waals surface area contributed by atoms with Crippen LogP contribution in [0.4, 0.5) is 0 Å². The second kappa shape index (κ2) is 7.53. The first-order valence-electron chi connectivity index (χ1n) is 8.46. The van der Waals surface area contributed by atoms with Gasteiger partial charge in [0.15, 0.2) is 0 Å². The van der Waals surface area contributed by atoms with Gasteiger partial charge < -0.3 is 10.4 Å². The molecule has 0 spiro atoms. The number of amides is 1. The molecule has 1 saturated heterocycles. The summed E-state index contributed by atoms with van der Waals surface area (Å²) in [7, 11) is 0. The van der Waals surface area contributed by atoms with Gasteiger partial charge in [0.1, 0.15) is 0 Å². The Bertz CT molecular complexity index is 741. The van der Waals surface area contributed by atoms with Crippen molar-refractivity contribution < 1.29 is 9.90 Å². The molecule has 24 heavy (non-hydrogen) atoms. The minimum Gasteiger partial charge on any atom is -0.394 e. The van der Waals surface area contributed by atoms with Gasteiger partial charge in [0.25, 0.3) is 5.91 Å². The molecule has 2 heterocycles. The smallest absolute Gasteiger partial charge is 0.252 e. The molecule has 0 aliphatic carbocycles. The molecule has 1 aliphatic rings. The highest BCUT2D eigenvalue weighted by Gasteiger charge is 2.25. The number of aliphatic hydroxyl groups excluding tert-OH is 1. The lowest BCUT2D eigenvalue weighted by atomic mass is 9.93. The second-order valence-corrected chi connectivity index (χ2v) is 7.72. The second-order valence-electron chi connectivity index (χ2n) is 6.49. The molecule has 0 bridgehead atoms. The van der Waals surface area contributed by atoms with Crippen LogP contribution in [0.1, 0.15) is 34.5 Å². The Balaban J connectivity index is 1.89. The standard InChI is InChI=1S/C19H24N2O2S/c1-12-4-3-5-15-16(10-13(2)20-18(12)15)19(23)21-17(11-22)14-6-8-24-9-7-14/h3-5,10,14,17,22H,6-9,11H2,1-2H3,(H,21,23). The molecule has 1 amide bonds. The summed E-state index contributed by atoms with van der Waals surface area (Å²) in [6, 6.07) is 7.56. The molecule has 1 atom stereocenters. The number of fused-ring (bicyclic) bond motifs is 1. The number of nitrogens with one attached hydrogen (secondary N) is 1. The van der Waals surface area contributed by atoms with Crippen LogP contribution >= 0.6 is 11.8 Å². The maximum absolute atomic E-state index is 12.9. The van der Waals surface area contributed by atoms with Gasteiger partial charge in [-0.15, -0.1) is 0 Å². The number of para-hydroxylation sites is 1. The topological polar surface area (TPSA) is 62.2 Å². The maximum atomic E-state index is 12.9. The molecule has 1 aromatic heterocycles. The van der Waals surface area contributed by atoms with Crippen LogP contribution in [0.15, 0.2) is 24.3 Å². The zero-order valence-electron chi connectivity index (χ0n) is 14.2. The monoisotopic (exact) mass is 344 g/mol. The van der Waals surface area contributed by atoms with Crippen molar-refractivity contribution in [2.45, 2.75) is 32.7 Å². The summed E-state index contributed by atoms with van der Waals surface area (Å²) in [5.41, 5.74) is 3.41. The molecule has 128 valence electrons. The largest absolute Gasteiger partial charge is 0.394 e. The SMILES string of the molecule is Cc1cc(C(=O)NC(CO)C2CCSCC2)c2cccc(C)c2n1. The van der Waals surface area contributed by atoms with Crippen LogP contribution in [0.5, 0.6) is 0 Å². The number of aliphatic hydroxyl groups is 1. The average molecular weight is 344 g/mol. The predicted molar refractivity (Wildman–Crippen MR) is 99.6 cm³/mol. The van der Waals surface area contributed by atoms with Gasteiger partial charge in [0.05, 0.1) is 23.7 Å². The highest BCUT2D eigenvalue weighted by molar-refractivity contribution is 7.99. The van der Waals surface area contributed by atoms with Gasteiger partial charge in [-0.3, -0.25) is 9.78 Å². The molecule has 1 fully saturated rings. The first-order valence-corrected chi connectivity index (χ1v) is 9.62. The maximum Gasteiger partial charge on any atom is 0.252 e. The van der Waals surface area contributed by atoms with Crippen LogP contribution in [0, 0.1) is 19.8 Å². The van der Waals surface area contributed by atoms with Crippen LogP contribution in [-0.4, -0.2) is 40.2 Å². The van der Waals surface area contributed by atoms with E-state index in [1.807, 2.05) is 49.9 Å². The average Bonchev–Trinajstić information content (AvgIpc) is 2.60. The van der Waals surface area contributed by atoms with E-state index in [-0.39, 0.29) is 18.6 Å². The summed E-state index contributed by atoms with van der Waals surface area (Å²) in [5.74, 6) is 2.45. The van der Waals surface area contributed by atoms with E-state index in [0.29, 0.717) is 11.5 Å². The summed E-state index contributed by atoms with van der Waals surface area (Å²) >= 11 is 1.94. The number of aryl methyl sites for hydroxylation is 2. The van der Waals surface area contributed by atoms with Gasteiger partial charge in [-0.1, -0.05) is 18.2 Å². The third-order valence-electron chi connectivity index (χ3n) is 4.76. The highest BCUT2D eigenvalue weighted by Crippen LogP contribution is 2.26. The summed E-state index contributed by atoms with van der Waals surface area (Å²) in [4.78, 5) is 17.5. The van der Waals surface area contributed by atoms with Gasteiger partial charge in [-0.25, -0.2) is 0 Å². The lowest BCUT2D eigenvalue weighted by Crippen LogP contribution is -2.44. The van der Waals surface area contributed by atoms with E-state index in [9.17, 15) is 9.90 Å². The molecule has 0 radical (unpaired) electrons. The Morgan fingerprint density at radius 1 is 1.38 bits per heavy atom. The molecule has 1 unspecified atom stereocenters. The number of benzene rings is 1. The van der Waals surface area contributed by atoms with Crippen LogP contribution in [-0.2, 0) is 0 Å². The number of rotatable bonds is 4. The molecule has 1 aliphatic heterocycles. The number of pyridine rings is 1. The van der Waals surface area contributed by atoms with Gasteiger partial charge in [-0.05, 0) is 55.7 Å². The lowest BCUT2D eigenvalue weighted by Gasteiger charge is -2.29. The van der Waals surface area contributed by atoms with Gasteiger partial charge >= 0.3 is 0 Å². The Kier molecular flexibility index (Phi) is 5.41. The van der Waals surface area contributed by atoms with Crippen molar-refractivity contribution in [2.24, 2.45) is 5.92 Å². The Labute approximate surface area is 147 Å². The molecular weight excluding hydrogens is 320 g/mol. The third-order valence-corrected chi connectivity index (χ3v) is 5.81. The molecule has 2 N–H and O–H groups in total. The zero-order valence-corrected chi connectivity index (χ0v) is 15.0. The van der Waals surface area contributed by atoms with Crippen LogP contribution in [0.2, 0.25) is 0 Å². The van der Waals surface area contributed by atoms with Gasteiger partial charge in [-0.2, -0.15) is 11.8 Å². The highest BCUT2D eigenvalue weighted by atomic mass is 32.2. The molecule has 0 saturated carbocycles. The minimum absolute atomic E-state index is 0.0118. The van der Waals surface area contributed by atoms with Crippen LogP contribution < -0.4 is 5.32 Å². The first kappa shape index (κ1) is 17.2. The molecule has 4 nitrogen and oxygen atoms in total. The van der Waals surface area contributed by atoms with Crippen molar-refractivity contribution in [2.75, 3.05) is 18.1 Å². The Morgan fingerprint density at radius 3 is 2.83 bits per heavy atom. The summed E-state index contributed by atoms with van der Waals surface area (Å²) < 4.78 is 0. The van der Waals surface area contributed by atoms with Crippen molar-refractivity contribution in [3.8, 4) is 0 Å². The number of hydrogen-bond donors (Lipinski definition) is 2. The number of nitrogens with zero attached hydrogens (tertiary/aromatic N) is 1. The quantitative estimate of drug-likeness (QED) is 0.895. The van der Waals surface area contributed by atoms with E-state index < -0.39 is 0 Å². The van der Waals surface area contributed by atoms with Crippen molar-refractivity contribution in [3.05, 3.63) is 41.1 Å². The Morgan fingerprint density at radius 2 is 2.12 bits per heavy atom. The Hall–Kier alpha value is -1.59. The number of aromatic nitrogens is 1. The lowest BCUT2D eigenvalue weighted by molar-refractivity contribution is 0.0886. The third kappa shape index (κ3) is 3.57. The molecule has 2 aromatic rings. The summed E-state index contributed by atoms with van der Waals surface area (Å²) in [6.45, 7) is 3.90. The van der Waals surface area contributed by atoms with E-state index in [4.69, 9.17) is 0 Å². The van der Waals surface area contributed by atoms with E-state index in [2.05, 4.69) is 10.3 Å². The van der Waals surface area contributed by atoms with E-state index in [0.717, 1.165) is 46.5 Å². The van der Waals surface area contributed by atoms with E-state index in [1.54, 1.807) is 0 Å². The minimum atomic E-state index is -0.174. The van der Waals surface area contributed by atoms with Gasteiger partial charge in [0.2, 0.25) is 0 Å². The number of thioether (sulfide) groups is 1. The fourth-order valence-corrected chi connectivity index (χ4v) is 4.53. The molecule has 1 aromatic carbocycles. The van der Waals surface area contributed by atoms with Crippen molar-refractivity contribution >= 4 is 28.6 Å². The molecular formula is C19H24N2O2S. The number of carbonyl (C=O) groups excluding carboxylic acids is 1. The van der Waals surface area contributed by atoms with E-state index >= 15 is 0 Å². The van der Waals surface area contributed by atoms with Gasteiger partial charge in [0, 0.05) is 11.1 Å². The van der Waals surface area contributed by atoms with Crippen molar-refractivity contribution in [1.82, 2.24) is 10.3 Å². The first-order chi connectivity index (χ1) is 11.6. The van der Waals surface area contributed by atoms with Crippen LogP contribution in [0.25, 0.3) is 10.9 Å². The van der Waals surface area contributed by atoms with Crippen molar-refractivity contribution in [3.63, 3.8) is 0 Å². The zero-order chi connectivity index (χ0) is 17.1. The van der Waals surface area contributed by atoms with E-state index in [1.165, 1.54) is 0 Å².